The molecule has 0 saturated heterocycles. The van der Waals surface area contributed by atoms with Gasteiger partial charge in [0.2, 0.25) is 0 Å². The van der Waals surface area contributed by atoms with E-state index in [0.717, 1.165) is 11.4 Å². The summed E-state index contributed by atoms with van der Waals surface area (Å²) in [5.74, 6) is 1.69. The summed E-state index contributed by atoms with van der Waals surface area (Å²) >= 11 is 1.38. The van der Waals surface area contributed by atoms with E-state index in [1.807, 2.05) is 34.9 Å². The maximum atomic E-state index is 12.6. The molecule has 0 N–H and O–H groups in total. The van der Waals surface area contributed by atoms with Crippen LogP contribution < -0.4 is 4.74 Å². The van der Waals surface area contributed by atoms with Crippen molar-refractivity contribution >= 4 is 17.5 Å². The van der Waals surface area contributed by atoms with Crippen LogP contribution in [0.4, 0.5) is 0 Å². The second-order valence-electron chi connectivity index (χ2n) is 6.12. The van der Waals surface area contributed by atoms with Gasteiger partial charge in [0, 0.05) is 20.1 Å². The average molecular weight is 398 g/mol. The highest BCUT2D eigenvalue weighted by Gasteiger charge is 2.17. The van der Waals surface area contributed by atoms with Crippen molar-refractivity contribution in [1.29, 1.82) is 0 Å². The van der Waals surface area contributed by atoms with Crippen LogP contribution in [0, 0.1) is 0 Å². The molecule has 146 valence electrons. The van der Waals surface area contributed by atoms with Gasteiger partial charge in [0.15, 0.2) is 10.9 Å². The van der Waals surface area contributed by atoms with Gasteiger partial charge in [-0.3, -0.25) is 4.79 Å². The number of benzene rings is 2. The third-order valence-corrected chi connectivity index (χ3v) is 5.22. The zero-order chi connectivity index (χ0) is 19.8. The van der Waals surface area contributed by atoms with E-state index in [0.29, 0.717) is 36.0 Å². The Balaban J connectivity index is 1.74. The molecule has 28 heavy (non-hydrogen) atoms. The first kappa shape index (κ1) is 20.1. The summed E-state index contributed by atoms with van der Waals surface area (Å²) in [5.41, 5.74) is 1.74. The van der Waals surface area contributed by atoms with Crippen molar-refractivity contribution in [3.05, 3.63) is 71.5 Å². The van der Waals surface area contributed by atoms with E-state index in [2.05, 4.69) is 22.3 Å². The molecular weight excluding hydrogens is 374 g/mol. The van der Waals surface area contributed by atoms with Crippen LogP contribution >= 0.6 is 11.8 Å². The molecule has 0 bridgehead atoms. The van der Waals surface area contributed by atoms with Crippen LogP contribution in [-0.4, -0.2) is 47.1 Å². The Bertz CT molecular complexity index is 912. The quantitative estimate of drug-likeness (QED) is 0.385. The lowest BCUT2D eigenvalue weighted by atomic mass is 10.1. The van der Waals surface area contributed by atoms with E-state index in [9.17, 15) is 4.79 Å². The van der Waals surface area contributed by atoms with Gasteiger partial charge >= 0.3 is 0 Å². The zero-order valence-corrected chi connectivity index (χ0v) is 16.8. The number of rotatable bonds is 10. The molecule has 6 nitrogen and oxygen atoms in total. The van der Waals surface area contributed by atoms with Crippen molar-refractivity contribution in [3.63, 3.8) is 0 Å². The molecule has 0 aliphatic carbocycles. The van der Waals surface area contributed by atoms with Crippen molar-refractivity contribution < 1.29 is 14.3 Å². The number of nitrogens with zero attached hydrogens (tertiary/aromatic N) is 3. The summed E-state index contributed by atoms with van der Waals surface area (Å²) in [6.07, 6.45) is 0.679. The number of methoxy groups -OCH3 is 2. The Hall–Kier alpha value is -2.64. The molecular formula is C21H23N3O3S. The standard InChI is InChI=1S/C21H23N3O3S/c1-26-13-12-24-20(14-16-8-4-3-5-9-16)22-23-21(24)28-15-18(25)17-10-6-7-11-19(17)27-2/h3-11H,12-15H2,1-2H3. The van der Waals surface area contributed by atoms with Crippen molar-refractivity contribution in [1.82, 2.24) is 14.8 Å². The van der Waals surface area contributed by atoms with Crippen LogP contribution in [0.3, 0.4) is 0 Å². The predicted molar refractivity (Wildman–Crippen MR) is 109 cm³/mol. The molecule has 3 aromatic rings. The molecule has 0 amide bonds. The number of ether oxygens (including phenoxy) is 2. The van der Waals surface area contributed by atoms with E-state index in [-0.39, 0.29) is 11.5 Å². The SMILES string of the molecule is COCCn1c(Cc2ccccc2)nnc1SCC(=O)c1ccccc1OC. The molecule has 3 rings (SSSR count). The first-order valence-electron chi connectivity index (χ1n) is 8.97. The number of carbonyl (C=O) groups excluding carboxylic acids is 1. The van der Waals surface area contributed by atoms with E-state index in [1.165, 1.54) is 11.8 Å². The molecule has 7 heteroatoms. The fourth-order valence-corrected chi connectivity index (χ4v) is 3.69. The molecule has 0 atom stereocenters. The molecule has 0 aliphatic heterocycles. The lowest BCUT2D eigenvalue weighted by molar-refractivity contribution is 0.101. The fourth-order valence-electron chi connectivity index (χ4n) is 2.82. The topological polar surface area (TPSA) is 66.2 Å². The number of hydrogen-bond donors (Lipinski definition) is 0. The highest BCUT2D eigenvalue weighted by Crippen LogP contribution is 2.23. The van der Waals surface area contributed by atoms with Gasteiger partial charge < -0.3 is 14.0 Å². The van der Waals surface area contributed by atoms with E-state index >= 15 is 0 Å². The van der Waals surface area contributed by atoms with Crippen LogP contribution in [0.2, 0.25) is 0 Å². The van der Waals surface area contributed by atoms with Gasteiger partial charge in [0.05, 0.1) is 25.0 Å². The lowest BCUT2D eigenvalue weighted by Crippen LogP contribution is -2.11. The Morgan fingerprint density at radius 2 is 1.79 bits per heavy atom. The third-order valence-electron chi connectivity index (χ3n) is 4.26. The van der Waals surface area contributed by atoms with Gasteiger partial charge in [-0.1, -0.05) is 54.2 Å². The van der Waals surface area contributed by atoms with E-state index in [1.54, 1.807) is 26.4 Å². The normalized spacial score (nSPS) is 10.8. The molecule has 1 aromatic heterocycles. The number of carbonyl (C=O) groups is 1. The minimum absolute atomic E-state index is 0.00616. The van der Waals surface area contributed by atoms with Crippen LogP contribution in [-0.2, 0) is 17.7 Å². The van der Waals surface area contributed by atoms with Gasteiger partial charge in [0.1, 0.15) is 11.6 Å². The van der Waals surface area contributed by atoms with Gasteiger partial charge in [-0.15, -0.1) is 10.2 Å². The molecule has 0 spiro atoms. The monoisotopic (exact) mass is 397 g/mol. The minimum Gasteiger partial charge on any atom is -0.496 e. The molecule has 2 aromatic carbocycles. The number of ketones is 1. The van der Waals surface area contributed by atoms with Gasteiger partial charge in [-0.05, 0) is 17.7 Å². The highest BCUT2D eigenvalue weighted by atomic mass is 32.2. The molecule has 0 radical (unpaired) electrons. The van der Waals surface area contributed by atoms with Crippen LogP contribution in [0.15, 0.2) is 59.8 Å². The molecule has 0 saturated carbocycles. The Morgan fingerprint density at radius 3 is 2.54 bits per heavy atom. The Morgan fingerprint density at radius 1 is 1.04 bits per heavy atom. The van der Waals surface area contributed by atoms with Gasteiger partial charge in [0.25, 0.3) is 0 Å². The van der Waals surface area contributed by atoms with Gasteiger partial charge in [-0.25, -0.2) is 0 Å². The molecule has 0 aliphatic rings. The summed E-state index contributed by atoms with van der Waals surface area (Å²) in [7, 11) is 3.23. The maximum Gasteiger partial charge on any atom is 0.191 e. The summed E-state index contributed by atoms with van der Waals surface area (Å²) in [6.45, 7) is 1.19. The van der Waals surface area contributed by atoms with Crippen LogP contribution in [0.1, 0.15) is 21.7 Å². The van der Waals surface area contributed by atoms with E-state index < -0.39 is 0 Å². The second-order valence-corrected chi connectivity index (χ2v) is 7.06. The first-order chi connectivity index (χ1) is 13.7. The molecule has 0 unspecified atom stereocenters. The minimum atomic E-state index is -0.00616. The number of thioether (sulfide) groups is 1. The number of Topliss-reactive ketones (excluding diaryl/α,β-unsaturated/α-hetero) is 1. The number of aromatic nitrogens is 3. The molecule has 1 heterocycles. The first-order valence-corrected chi connectivity index (χ1v) is 9.95. The maximum absolute atomic E-state index is 12.6. The Kier molecular flexibility index (Phi) is 7.22. The van der Waals surface area contributed by atoms with Crippen molar-refractivity contribution in [2.75, 3.05) is 26.6 Å². The average Bonchev–Trinajstić information content (AvgIpc) is 3.12. The van der Waals surface area contributed by atoms with Crippen LogP contribution in [0.25, 0.3) is 0 Å². The number of hydrogen-bond acceptors (Lipinski definition) is 6. The summed E-state index contributed by atoms with van der Waals surface area (Å²) in [4.78, 5) is 12.6. The smallest absolute Gasteiger partial charge is 0.191 e. The summed E-state index contributed by atoms with van der Waals surface area (Å²) in [5, 5.41) is 9.37. The predicted octanol–water partition coefficient (Wildman–Crippen LogP) is 3.50. The third kappa shape index (κ3) is 4.99. The second kappa shape index (κ2) is 10.1. The van der Waals surface area contributed by atoms with Gasteiger partial charge in [-0.2, -0.15) is 0 Å². The van der Waals surface area contributed by atoms with Crippen molar-refractivity contribution in [2.24, 2.45) is 0 Å². The molecule has 0 fully saturated rings. The number of para-hydroxylation sites is 1. The Labute approximate surface area is 168 Å². The summed E-state index contributed by atoms with van der Waals surface area (Å²) < 4.78 is 12.5. The fraction of sp³-hybridized carbons (Fsp3) is 0.286. The van der Waals surface area contributed by atoms with Crippen molar-refractivity contribution in [2.45, 2.75) is 18.1 Å². The highest BCUT2D eigenvalue weighted by molar-refractivity contribution is 7.99. The lowest BCUT2D eigenvalue weighted by Gasteiger charge is -2.10. The van der Waals surface area contributed by atoms with Crippen molar-refractivity contribution in [3.8, 4) is 5.75 Å². The largest absolute Gasteiger partial charge is 0.496 e. The summed E-state index contributed by atoms with van der Waals surface area (Å²) in [6, 6.07) is 17.4. The van der Waals surface area contributed by atoms with E-state index in [4.69, 9.17) is 9.47 Å². The van der Waals surface area contributed by atoms with Crippen LogP contribution in [0.5, 0.6) is 5.75 Å². The zero-order valence-electron chi connectivity index (χ0n) is 16.0.